The lowest BCUT2D eigenvalue weighted by Gasteiger charge is -2.17. The van der Waals surface area contributed by atoms with Crippen molar-refractivity contribution in [2.75, 3.05) is 21.9 Å². The second kappa shape index (κ2) is 7.26. The lowest BCUT2D eigenvalue weighted by atomic mass is 10.1. The van der Waals surface area contributed by atoms with Crippen LogP contribution in [0.15, 0.2) is 60.0 Å². The van der Waals surface area contributed by atoms with Gasteiger partial charge < -0.3 is 10.3 Å². The number of carbonyl (C=O) groups is 1. The van der Waals surface area contributed by atoms with Crippen molar-refractivity contribution in [3.05, 3.63) is 65.5 Å². The normalized spacial score (nSPS) is 15.5. The number of thiophene rings is 1. The van der Waals surface area contributed by atoms with Crippen LogP contribution < -0.4 is 9.62 Å². The first-order valence-electron chi connectivity index (χ1n) is 9.45. The van der Waals surface area contributed by atoms with E-state index >= 15 is 0 Å². The molecule has 9 heteroatoms. The molecule has 0 saturated carbocycles. The van der Waals surface area contributed by atoms with Crippen LogP contribution in [0, 0.1) is 0 Å². The fourth-order valence-corrected chi connectivity index (χ4v) is 5.78. The summed E-state index contributed by atoms with van der Waals surface area (Å²) in [5, 5.41) is 4.88. The van der Waals surface area contributed by atoms with E-state index in [4.69, 9.17) is 0 Å². The highest BCUT2D eigenvalue weighted by Crippen LogP contribution is 2.27. The van der Waals surface area contributed by atoms with E-state index in [-0.39, 0.29) is 11.7 Å². The van der Waals surface area contributed by atoms with Gasteiger partial charge in [-0.05, 0) is 54.3 Å². The molecule has 2 aromatic heterocycles. The van der Waals surface area contributed by atoms with Gasteiger partial charge in [-0.2, -0.15) is 0 Å². The minimum atomic E-state index is -3.29. The van der Waals surface area contributed by atoms with E-state index < -0.39 is 10.0 Å². The number of imidazole rings is 1. The average Bonchev–Trinajstić information content (AvgIpc) is 3.46. The van der Waals surface area contributed by atoms with E-state index in [0.717, 1.165) is 21.7 Å². The zero-order chi connectivity index (χ0) is 20.7. The fraction of sp³-hybridized carbons (Fsp3) is 0.143. The molecule has 7 nitrogen and oxygen atoms in total. The third-order valence-corrected chi connectivity index (χ3v) is 7.74. The molecule has 1 aliphatic heterocycles. The monoisotopic (exact) mass is 438 g/mol. The van der Waals surface area contributed by atoms with Crippen LogP contribution in [-0.4, -0.2) is 36.6 Å². The standard InChI is InChI=1S/C21H18N4O3S2/c26-21(14-4-1-5-16(12-14)25-9-3-11-30(25,27)28)22-15-7-8-17-18(13-15)24-20(23-17)19-6-2-10-29-19/h1-2,4-8,10,12-13H,3,9,11H2,(H,22,26)(H,23,24). The third kappa shape index (κ3) is 3.46. The first kappa shape index (κ1) is 18.8. The minimum Gasteiger partial charge on any atom is -0.337 e. The van der Waals surface area contributed by atoms with Crippen molar-refractivity contribution in [2.24, 2.45) is 0 Å². The number of benzene rings is 2. The summed E-state index contributed by atoms with van der Waals surface area (Å²) in [7, 11) is -3.29. The van der Waals surface area contributed by atoms with Crippen molar-refractivity contribution in [3.63, 3.8) is 0 Å². The summed E-state index contributed by atoms with van der Waals surface area (Å²) in [6.45, 7) is 0.441. The average molecular weight is 439 g/mol. The number of nitrogens with zero attached hydrogens (tertiary/aromatic N) is 2. The van der Waals surface area contributed by atoms with Gasteiger partial charge in [-0.25, -0.2) is 13.4 Å². The van der Waals surface area contributed by atoms with Crippen molar-refractivity contribution in [3.8, 4) is 10.7 Å². The van der Waals surface area contributed by atoms with Crippen molar-refractivity contribution < 1.29 is 13.2 Å². The number of H-pyrrole nitrogens is 1. The number of aromatic amines is 1. The topological polar surface area (TPSA) is 95.2 Å². The van der Waals surface area contributed by atoms with Crippen molar-refractivity contribution >= 4 is 49.7 Å². The Morgan fingerprint density at radius 3 is 2.80 bits per heavy atom. The first-order valence-corrected chi connectivity index (χ1v) is 11.9. The van der Waals surface area contributed by atoms with Gasteiger partial charge in [0.2, 0.25) is 10.0 Å². The third-order valence-electron chi connectivity index (χ3n) is 4.99. The van der Waals surface area contributed by atoms with Crippen LogP contribution in [0.4, 0.5) is 11.4 Å². The van der Waals surface area contributed by atoms with Crippen LogP contribution in [0.25, 0.3) is 21.7 Å². The number of hydrogen-bond donors (Lipinski definition) is 2. The van der Waals surface area contributed by atoms with Gasteiger partial charge in [0.05, 0.1) is 27.4 Å². The highest BCUT2D eigenvalue weighted by atomic mass is 32.2. The molecule has 0 radical (unpaired) electrons. The summed E-state index contributed by atoms with van der Waals surface area (Å²) in [4.78, 5) is 21.7. The van der Waals surface area contributed by atoms with E-state index in [0.29, 0.717) is 29.9 Å². The molecule has 1 saturated heterocycles. The first-order chi connectivity index (χ1) is 14.5. The van der Waals surface area contributed by atoms with Crippen molar-refractivity contribution in [2.45, 2.75) is 6.42 Å². The highest BCUT2D eigenvalue weighted by Gasteiger charge is 2.28. The number of amides is 1. The van der Waals surface area contributed by atoms with Gasteiger partial charge in [0.15, 0.2) is 0 Å². The number of hydrogen-bond acceptors (Lipinski definition) is 5. The van der Waals surface area contributed by atoms with Crippen LogP contribution in [0.2, 0.25) is 0 Å². The maximum absolute atomic E-state index is 12.8. The quantitative estimate of drug-likeness (QED) is 0.502. The fourth-order valence-electron chi connectivity index (χ4n) is 3.55. The lowest BCUT2D eigenvalue weighted by Crippen LogP contribution is -2.25. The Bertz CT molecular complexity index is 1340. The molecular formula is C21H18N4O3S2. The zero-order valence-corrected chi connectivity index (χ0v) is 17.5. The number of fused-ring (bicyclic) bond motifs is 1. The molecule has 1 aliphatic rings. The van der Waals surface area contributed by atoms with Gasteiger partial charge in [0.1, 0.15) is 5.82 Å². The van der Waals surface area contributed by atoms with E-state index in [9.17, 15) is 13.2 Å². The molecule has 3 heterocycles. The number of sulfonamides is 1. The largest absolute Gasteiger partial charge is 0.337 e. The molecule has 30 heavy (non-hydrogen) atoms. The van der Waals surface area contributed by atoms with Crippen LogP contribution in [0.1, 0.15) is 16.8 Å². The summed E-state index contributed by atoms with van der Waals surface area (Å²) in [6.07, 6.45) is 0.594. The predicted octanol–water partition coefficient (Wildman–Crippen LogP) is 4.08. The molecular weight excluding hydrogens is 420 g/mol. The Kier molecular flexibility index (Phi) is 4.56. The number of aromatic nitrogens is 2. The molecule has 0 spiro atoms. The Hall–Kier alpha value is -3.17. The molecule has 0 aliphatic carbocycles. The Labute approximate surface area is 177 Å². The van der Waals surface area contributed by atoms with Gasteiger partial charge in [0.25, 0.3) is 5.91 Å². The van der Waals surface area contributed by atoms with Crippen molar-refractivity contribution in [1.29, 1.82) is 0 Å². The van der Waals surface area contributed by atoms with Gasteiger partial charge in [-0.3, -0.25) is 9.10 Å². The molecule has 152 valence electrons. The van der Waals surface area contributed by atoms with Gasteiger partial charge in [-0.15, -0.1) is 11.3 Å². The van der Waals surface area contributed by atoms with Crippen LogP contribution >= 0.6 is 11.3 Å². The molecule has 2 aromatic carbocycles. The van der Waals surface area contributed by atoms with Crippen molar-refractivity contribution in [1.82, 2.24) is 9.97 Å². The number of nitrogens with one attached hydrogen (secondary N) is 2. The van der Waals surface area contributed by atoms with Gasteiger partial charge >= 0.3 is 0 Å². The minimum absolute atomic E-state index is 0.140. The molecule has 2 N–H and O–H groups in total. The Balaban J connectivity index is 1.39. The molecule has 0 unspecified atom stereocenters. The molecule has 1 amide bonds. The highest BCUT2D eigenvalue weighted by molar-refractivity contribution is 7.93. The summed E-state index contributed by atoms with van der Waals surface area (Å²) >= 11 is 1.60. The molecule has 5 rings (SSSR count). The van der Waals surface area contributed by atoms with Gasteiger partial charge in [-0.1, -0.05) is 12.1 Å². The Morgan fingerprint density at radius 1 is 1.13 bits per heavy atom. The lowest BCUT2D eigenvalue weighted by molar-refractivity contribution is 0.102. The zero-order valence-electron chi connectivity index (χ0n) is 15.8. The molecule has 0 atom stereocenters. The maximum atomic E-state index is 12.8. The van der Waals surface area contributed by atoms with Crippen LogP contribution in [0.3, 0.4) is 0 Å². The summed E-state index contributed by atoms with van der Waals surface area (Å²) < 4.78 is 25.7. The number of rotatable bonds is 4. The second-order valence-corrected chi connectivity index (χ2v) is 10.0. The van der Waals surface area contributed by atoms with E-state index in [1.54, 1.807) is 41.7 Å². The molecule has 0 bridgehead atoms. The second-order valence-electron chi connectivity index (χ2n) is 7.04. The molecule has 4 aromatic rings. The van der Waals surface area contributed by atoms with E-state index in [2.05, 4.69) is 15.3 Å². The maximum Gasteiger partial charge on any atom is 0.255 e. The summed E-state index contributed by atoms with van der Waals surface area (Å²) in [6, 6.07) is 16.2. The summed E-state index contributed by atoms with van der Waals surface area (Å²) in [5.41, 5.74) is 3.20. The Morgan fingerprint density at radius 2 is 2.03 bits per heavy atom. The van der Waals surface area contributed by atoms with Gasteiger partial charge in [0, 0.05) is 17.8 Å². The predicted molar refractivity (Wildman–Crippen MR) is 120 cm³/mol. The number of anilines is 2. The van der Waals surface area contributed by atoms with Crippen LogP contribution in [0.5, 0.6) is 0 Å². The number of carbonyl (C=O) groups excluding carboxylic acids is 1. The van der Waals surface area contributed by atoms with E-state index in [1.807, 2.05) is 29.6 Å². The smallest absolute Gasteiger partial charge is 0.255 e. The van der Waals surface area contributed by atoms with E-state index in [1.165, 1.54) is 4.31 Å². The molecule has 1 fully saturated rings. The SMILES string of the molecule is O=C(Nc1ccc2nc(-c3cccs3)[nH]c2c1)c1cccc(N2CCCS2(=O)=O)c1. The summed E-state index contributed by atoms with van der Waals surface area (Å²) in [5.74, 6) is 0.634. The van der Waals surface area contributed by atoms with Crippen LogP contribution in [-0.2, 0) is 10.0 Å².